The molecule has 7 heteroatoms. The van der Waals surface area contributed by atoms with Gasteiger partial charge in [0.05, 0.1) is 10.9 Å². The van der Waals surface area contributed by atoms with E-state index in [9.17, 15) is 9.90 Å². The van der Waals surface area contributed by atoms with Gasteiger partial charge < -0.3 is 5.11 Å². The summed E-state index contributed by atoms with van der Waals surface area (Å²) in [6.07, 6.45) is 0. The van der Waals surface area contributed by atoms with Crippen LogP contribution in [0.3, 0.4) is 0 Å². The number of nitrogens with one attached hydrogen (secondary N) is 1. The molecule has 0 radical (unpaired) electrons. The normalized spacial score (nSPS) is 13.6. The molecular weight excluding hydrogens is 330 g/mol. The summed E-state index contributed by atoms with van der Waals surface area (Å²) in [6, 6.07) is 5.35. The van der Waals surface area contributed by atoms with Crippen LogP contribution >= 0.6 is 27.3 Å². The van der Waals surface area contributed by atoms with Crippen molar-refractivity contribution in [3.05, 3.63) is 42.9 Å². The monoisotopic (exact) mass is 337 g/mol. The van der Waals surface area contributed by atoms with Gasteiger partial charge in [0.15, 0.2) is 4.80 Å². The van der Waals surface area contributed by atoms with Gasteiger partial charge in [0.25, 0.3) is 5.91 Å². The smallest absolute Gasteiger partial charge is 0.279 e. The summed E-state index contributed by atoms with van der Waals surface area (Å²) >= 11 is 4.41. The fourth-order valence-electron chi connectivity index (χ4n) is 1.93. The van der Waals surface area contributed by atoms with Crippen LogP contribution in [0.1, 0.15) is 4.88 Å². The molecule has 0 saturated carbocycles. The van der Waals surface area contributed by atoms with Crippen molar-refractivity contribution in [2.24, 2.45) is 12.0 Å². The van der Waals surface area contributed by atoms with Gasteiger partial charge in [0.2, 0.25) is 5.88 Å². The average Bonchev–Trinajstić information content (AvgIpc) is 2.80. The molecule has 1 aliphatic heterocycles. The zero-order chi connectivity index (χ0) is 13.7. The summed E-state index contributed by atoms with van der Waals surface area (Å²) in [6.45, 7) is 0. The molecule has 1 amide bonds. The molecule has 1 aliphatic rings. The highest BCUT2D eigenvalue weighted by Gasteiger charge is 2.24. The first-order valence-corrected chi connectivity index (χ1v) is 6.96. The summed E-state index contributed by atoms with van der Waals surface area (Å²) in [5.74, 6) is -0.466. The summed E-state index contributed by atoms with van der Waals surface area (Å²) in [5.41, 5.74) is 0.355. The van der Waals surface area contributed by atoms with E-state index in [1.807, 2.05) is 6.07 Å². The number of hydrogen-bond acceptors (Lipinski definition) is 4. The largest absolute Gasteiger partial charge is 0.493 e. The molecule has 0 aliphatic carbocycles. The second-order valence-corrected chi connectivity index (χ2v) is 5.99. The Morgan fingerprint density at radius 1 is 1.47 bits per heavy atom. The van der Waals surface area contributed by atoms with Crippen LogP contribution in [0.15, 0.2) is 27.7 Å². The molecular formula is C12H8BrN3O2S. The number of benzene rings is 1. The van der Waals surface area contributed by atoms with Gasteiger partial charge in [-0.05, 0) is 18.2 Å². The Morgan fingerprint density at radius 2 is 2.21 bits per heavy atom. The van der Waals surface area contributed by atoms with E-state index < -0.39 is 0 Å². The van der Waals surface area contributed by atoms with Gasteiger partial charge in [-0.15, -0.1) is 0 Å². The fourth-order valence-corrected chi connectivity index (χ4v) is 3.23. The van der Waals surface area contributed by atoms with Crippen molar-refractivity contribution >= 4 is 38.7 Å². The van der Waals surface area contributed by atoms with E-state index in [1.165, 1.54) is 4.57 Å². The Labute approximate surface area is 119 Å². The lowest BCUT2D eigenvalue weighted by Crippen LogP contribution is -2.22. The highest BCUT2D eigenvalue weighted by atomic mass is 79.9. The van der Waals surface area contributed by atoms with Crippen LogP contribution < -0.4 is 15.4 Å². The quantitative estimate of drug-likeness (QED) is 0.789. The fraction of sp³-hybridized carbons (Fsp3) is 0.0833. The molecule has 0 spiro atoms. The third kappa shape index (κ3) is 1.77. The number of amides is 1. The molecule has 5 nitrogen and oxygen atoms in total. The molecule has 0 atom stereocenters. The van der Waals surface area contributed by atoms with Crippen molar-refractivity contribution < 1.29 is 9.90 Å². The lowest BCUT2D eigenvalue weighted by atomic mass is 10.1. The molecule has 2 heterocycles. The standard InChI is InChI=1S/C12H8BrN3O2S/c1-16-11(18)9(19-12(16)14)8-6-4-5(13)2-3-7(6)15-10(8)17/h2-4,14,18H,1H3. The van der Waals surface area contributed by atoms with Gasteiger partial charge in [-0.3, -0.25) is 14.8 Å². The van der Waals surface area contributed by atoms with Crippen LogP contribution in [0.25, 0.3) is 5.57 Å². The number of hydrogen-bond donors (Lipinski definition) is 2. The van der Waals surface area contributed by atoms with E-state index in [0.29, 0.717) is 21.0 Å². The molecule has 0 unspecified atom stereocenters. The lowest BCUT2D eigenvalue weighted by Gasteiger charge is -1.98. The Kier molecular flexibility index (Phi) is 2.68. The Balaban J connectivity index is 2.45. The van der Waals surface area contributed by atoms with Crippen molar-refractivity contribution in [3.63, 3.8) is 0 Å². The summed E-state index contributed by atoms with van der Waals surface area (Å²) in [4.78, 5) is 16.5. The molecule has 2 N–H and O–H groups in total. The number of carbonyl (C=O) groups excluding carboxylic acids is 1. The second-order valence-electron chi connectivity index (χ2n) is 4.07. The van der Waals surface area contributed by atoms with E-state index in [2.05, 4.69) is 20.9 Å². The number of rotatable bonds is 1. The number of thiazole rings is 1. The first-order valence-electron chi connectivity index (χ1n) is 5.35. The van der Waals surface area contributed by atoms with Gasteiger partial charge in [0.1, 0.15) is 4.88 Å². The lowest BCUT2D eigenvalue weighted by molar-refractivity contribution is -0.112. The molecule has 0 bridgehead atoms. The van der Waals surface area contributed by atoms with Crippen molar-refractivity contribution in [3.8, 4) is 5.88 Å². The van der Waals surface area contributed by atoms with Crippen LogP contribution in [0, 0.1) is 5.41 Å². The van der Waals surface area contributed by atoms with E-state index in [1.54, 1.807) is 19.2 Å². The number of aromatic nitrogens is 1. The van der Waals surface area contributed by atoms with Gasteiger partial charge in [-0.2, -0.15) is 0 Å². The number of fused-ring (bicyclic) bond motifs is 1. The first kappa shape index (κ1) is 12.3. The van der Waals surface area contributed by atoms with Gasteiger partial charge in [-0.1, -0.05) is 27.3 Å². The zero-order valence-electron chi connectivity index (χ0n) is 9.77. The topological polar surface area (TPSA) is 78.4 Å². The Morgan fingerprint density at radius 3 is 2.84 bits per heavy atom. The molecule has 1 aromatic heterocycles. The van der Waals surface area contributed by atoms with Gasteiger partial charge >= 0.3 is 0 Å². The molecule has 0 saturated heterocycles. The van der Waals surface area contributed by atoms with Crippen molar-refractivity contribution in [1.82, 2.24) is 4.57 Å². The summed E-state index contributed by atoms with van der Waals surface area (Å²) in [7, 11) is 1.58. The maximum Gasteiger partial charge on any atom is 0.279 e. The SMILES string of the molecule is Cn1c(O)c(C2=c3cc(Br)ccc3=NC2=O)sc1=N. The van der Waals surface area contributed by atoms with E-state index >= 15 is 0 Å². The van der Waals surface area contributed by atoms with Crippen LogP contribution in [-0.4, -0.2) is 15.6 Å². The van der Waals surface area contributed by atoms with Crippen LogP contribution in [0.4, 0.5) is 0 Å². The predicted molar refractivity (Wildman–Crippen MR) is 73.2 cm³/mol. The zero-order valence-corrected chi connectivity index (χ0v) is 12.2. The van der Waals surface area contributed by atoms with Gasteiger partial charge in [0, 0.05) is 16.7 Å². The van der Waals surface area contributed by atoms with Crippen LogP contribution in [0.2, 0.25) is 0 Å². The second kappa shape index (κ2) is 4.14. The number of nitrogens with zero attached hydrogens (tertiary/aromatic N) is 2. The minimum Gasteiger partial charge on any atom is -0.493 e. The first-order chi connectivity index (χ1) is 8.99. The third-order valence-corrected chi connectivity index (χ3v) is 4.47. The molecule has 1 aromatic carbocycles. The van der Waals surface area contributed by atoms with Crippen LogP contribution in [-0.2, 0) is 11.8 Å². The molecule has 96 valence electrons. The molecule has 2 aromatic rings. The molecule has 0 fully saturated rings. The Bertz CT molecular complexity index is 895. The summed E-state index contributed by atoms with van der Waals surface area (Å²) < 4.78 is 2.16. The van der Waals surface area contributed by atoms with Crippen LogP contribution in [0.5, 0.6) is 5.88 Å². The van der Waals surface area contributed by atoms with E-state index in [0.717, 1.165) is 15.8 Å². The van der Waals surface area contributed by atoms with E-state index in [-0.39, 0.29) is 16.6 Å². The summed E-state index contributed by atoms with van der Waals surface area (Å²) in [5, 5.41) is 19.0. The van der Waals surface area contributed by atoms with Crippen molar-refractivity contribution in [1.29, 1.82) is 5.41 Å². The predicted octanol–water partition coefficient (Wildman–Crippen LogP) is 0.393. The van der Waals surface area contributed by atoms with Crippen molar-refractivity contribution in [2.45, 2.75) is 0 Å². The minimum absolute atomic E-state index is 0.0821. The molecule has 19 heavy (non-hydrogen) atoms. The van der Waals surface area contributed by atoms with E-state index in [4.69, 9.17) is 5.41 Å². The minimum atomic E-state index is -0.384. The highest BCUT2D eigenvalue weighted by Crippen LogP contribution is 2.27. The number of aromatic hydroxyl groups is 1. The molecule has 3 rings (SSSR count). The highest BCUT2D eigenvalue weighted by molar-refractivity contribution is 9.10. The number of halogens is 1. The van der Waals surface area contributed by atoms with Crippen molar-refractivity contribution in [2.75, 3.05) is 0 Å². The number of carbonyl (C=O) groups is 1. The Hall–Kier alpha value is -1.73. The average molecular weight is 338 g/mol. The third-order valence-electron chi connectivity index (χ3n) is 2.92. The van der Waals surface area contributed by atoms with Gasteiger partial charge in [-0.25, -0.2) is 4.99 Å². The maximum absolute atomic E-state index is 12.0. The maximum atomic E-state index is 12.0.